The first-order chi connectivity index (χ1) is 10.6. The molecule has 3 rings (SSSR count). The lowest BCUT2D eigenvalue weighted by atomic mass is 9.78. The summed E-state index contributed by atoms with van der Waals surface area (Å²) in [5.41, 5.74) is 0.607. The van der Waals surface area contributed by atoms with Crippen LogP contribution in [0.15, 0.2) is 5.38 Å². The highest BCUT2D eigenvalue weighted by atomic mass is 32.1. The Morgan fingerprint density at radius 3 is 2.95 bits per heavy atom. The number of piperidine rings is 1. The quantitative estimate of drug-likeness (QED) is 0.899. The van der Waals surface area contributed by atoms with Crippen molar-refractivity contribution >= 4 is 17.2 Å². The Morgan fingerprint density at radius 1 is 1.32 bits per heavy atom. The minimum Gasteiger partial charge on any atom is -0.348 e. The molecular weight excluding hydrogens is 294 g/mol. The maximum Gasteiger partial charge on any atom is 0.270 e. The monoisotopic (exact) mass is 321 g/mol. The molecule has 1 aromatic rings. The summed E-state index contributed by atoms with van der Waals surface area (Å²) >= 11 is 1.64. The van der Waals surface area contributed by atoms with Gasteiger partial charge in [0.25, 0.3) is 5.91 Å². The van der Waals surface area contributed by atoms with E-state index in [2.05, 4.69) is 29.5 Å². The van der Waals surface area contributed by atoms with E-state index in [0.717, 1.165) is 24.5 Å². The topological polar surface area (TPSA) is 54.0 Å². The summed E-state index contributed by atoms with van der Waals surface area (Å²) < 4.78 is 0. The van der Waals surface area contributed by atoms with E-state index in [4.69, 9.17) is 0 Å². The van der Waals surface area contributed by atoms with Gasteiger partial charge in [-0.25, -0.2) is 4.98 Å². The van der Waals surface area contributed by atoms with Crippen LogP contribution >= 0.6 is 11.3 Å². The van der Waals surface area contributed by atoms with Gasteiger partial charge in [0.2, 0.25) is 0 Å². The van der Waals surface area contributed by atoms with Gasteiger partial charge in [0.1, 0.15) is 5.69 Å². The molecule has 1 saturated carbocycles. The minimum absolute atomic E-state index is 0.0113. The maximum absolute atomic E-state index is 12.5. The Hall–Kier alpha value is -0.940. The van der Waals surface area contributed by atoms with Crippen LogP contribution in [0.4, 0.5) is 0 Å². The van der Waals surface area contributed by atoms with Crippen LogP contribution in [0.25, 0.3) is 0 Å². The highest BCUT2D eigenvalue weighted by Crippen LogP contribution is 2.30. The molecule has 1 aromatic heterocycles. The van der Waals surface area contributed by atoms with Gasteiger partial charge >= 0.3 is 0 Å². The molecule has 1 amide bonds. The molecule has 122 valence electrons. The third kappa shape index (κ3) is 3.51. The first kappa shape index (κ1) is 15.9. The van der Waals surface area contributed by atoms with Gasteiger partial charge in [-0.3, -0.25) is 4.79 Å². The van der Waals surface area contributed by atoms with Crippen LogP contribution in [0.1, 0.15) is 67.4 Å². The van der Waals surface area contributed by atoms with Gasteiger partial charge in [0.05, 0.1) is 5.01 Å². The molecule has 4 nitrogen and oxygen atoms in total. The van der Waals surface area contributed by atoms with Crippen molar-refractivity contribution in [3.8, 4) is 0 Å². The van der Waals surface area contributed by atoms with Crippen molar-refractivity contribution in [2.45, 2.75) is 57.9 Å². The number of hydrogen-bond donors (Lipinski definition) is 2. The average molecular weight is 321 g/mol. The molecular formula is C17H27N3OS. The number of rotatable bonds is 3. The number of aromatic nitrogens is 1. The van der Waals surface area contributed by atoms with Gasteiger partial charge in [0, 0.05) is 23.9 Å². The molecule has 2 aliphatic rings. The zero-order chi connectivity index (χ0) is 15.5. The van der Waals surface area contributed by atoms with E-state index in [0.29, 0.717) is 29.5 Å². The average Bonchev–Trinajstić information content (AvgIpc) is 3.03. The lowest BCUT2D eigenvalue weighted by Gasteiger charge is -2.34. The Morgan fingerprint density at radius 2 is 2.18 bits per heavy atom. The smallest absolute Gasteiger partial charge is 0.270 e. The predicted molar refractivity (Wildman–Crippen MR) is 90.4 cm³/mol. The molecule has 4 atom stereocenters. The molecule has 1 aliphatic carbocycles. The van der Waals surface area contributed by atoms with E-state index >= 15 is 0 Å². The van der Waals surface area contributed by atoms with E-state index in [1.807, 2.05) is 5.38 Å². The molecule has 2 heterocycles. The molecule has 0 bridgehead atoms. The normalized spacial score (nSPS) is 32.6. The summed E-state index contributed by atoms with van der Waals surface area (Å²) in [5.74, 6) is 1.74. The Kier molecular flexibility index (Phi) is 5.14. The summed E-state index contributed by atoms with van der Waals surface area (Å²) in [6.45, 7) is 6.65. The molecule has 0 radical (unpaired) electrons. The predicted octanol–water partition coefficient (Wildman–Crippen LogP) is 3.16. The maximum atomic E-state index is 12.5. The number of amides is 1. The number of thiazole rings is 1. The SMILES string of the molecule is CC1CCCC(NC(=O)c2csc(C3CCCNC3)n2)C1C. The number of carbonyl (C=O) groups excluding carboxylic acids is 1. The zero-order valence-corrected chi connectivity index (χ0v) is 14.4. The first-order valence-electron chi connectivity index (χ1n) is 8.62. The molecule has 2 N–H and O–H groups in total. The summed E-state index contributed by atoms with van der Waals surface area (Å²) in [6.07, 6.45) is 5.97. The first-order valence-corrected chi connectivity index (χ1v) is 9.50. The van der Waals surface area contributed by atoms with Crippen LogP contribution in [-0.4, -0.2) is 30.0 Å². The van der Waals surface area contributed by atoms with Crippen LogP contribution in [0.3, 0.4) is 0 Å². The number of nitrogens with zero attached hydrogens (tertiary/aromatic N) is 1. The molecule has 4 unspecified atom stereocenters. The summed E-state index contributed by atoms with van der Waals surface area (Å²) in [7, 11) is 0. The molecule has 1 saturated heterocycles. The third-order valence-electron chi connectivity index (χ3n) is 5.42. The van der Waals surface area contributed by atoms with Gasteiger partial charge in [-0.15, -0.1) is 11.3 Å². The van der Waals surface area contributed by atoms with Crippen LogP contribution < -0.4 is 10.6 Å². The fourth-order valence-corrected chi connectivity index (χ4v) is 4.61. The highest BCUT2D eigenvalue weighted by Gasteiger charge is 2.29. The Labute approximate surface area is 137 Å². The van der Waals surface area contributed by atoms with Crippen molar-refractivity contribution in [1.29, 1.82) is 0 Å². The fraction of sp³-hybridized carbons (Fsp3) is 0.765. The van der Waals surface area contributed by atoms with Crippen LogP contribution in [0, 0.1) is 11.8 Å². The molecule has 2 fully saturated rings. The van der Waals surface area contributed by atoms with E-state index in [9.17, 15) is 4.79 Å². The lowest BCUT2D eigenvalue weighted by molar-refractivity contribution is 0.0886. The standard InChI is InChI=1S/C17H27N3OS/c1-11-5-3-7-14(12(11)2)19-16(21)15-10-22-17(20-15)13-6-4-8-18-9-13/h10-14,18H,3-9H2,1-2H3,(H,19,21). The van der Waals surface area contributed by atoms with Crippen LogP contribution in [0.2, 0.25) is 0 Å². The van der Waals surface area contributed by atoms with E-state index in [-0.39, 0.29) is 5.91 Å². The Bertz CT molecular complexity index is 510. The molecule has 0 spiro atoms. The van der Waals surface area contributed by atoms with Crippen molar-refractivity contribution in [3.05, 3.63) is 16.1 Å². The van der Waals surface area contributed by atoms with Crippen molar-refractivity contribution in [2.24, 2.45) is 11.8 Å². The highest BCUT2D eigenvalue weighted by molar-refractivity contribution is 7.09. The van der Waals surface area contributed by atoms with Gasteiger partial charge in [-0.05, 0) is 37.6 Å². The Balaban J connectivity index is 1.61. The fourth-order valence-electron chi connectivity index (χ4n) is 3.67. The number of hydrogen-bond acceptors (Lipinski definition) is 4. The largest absolute Gasteiger partial charge is 0.348 e. The third-order valence-corrected chi connectivity index (χ3v) is 6.43. The van der Waals surface area contributed by atoms with Gasteiger partial charge in [-0.2, -0.15) is 0 Å². The van der Waals surface area contributed by atoms with E-state index < -0.39 is 0 Å². The van der Waals surface area contributed by atoms with Crippen molar-refractivity contribution in [3.63, 3.8) is 0 Å². The minimum atomic E-state index is 0.0113. The molecule has 0 aromatic carbocycles. The summed E-state index contributed by atoms with van der Waals surface area (Å²) in [5, 5.41) is 9.68. The zero-order valence-electron chi connectivity index (χ0n) is 13.6. The molecule has 5 heteroatoms. The van der Waals surface area contributed by atoms with Crippen LogP contribution in [0.5, 0.6) is 0 Å². The number of carbonyl (C=O) groups is 1. The number of nitrogens with one attached hydrogen (secondary N) is 2. The van der Waals surface area contributed by atoms with E-state index in [1.165, 1.54) is 25.7 Å². The van der Waals surface area contributed by atoms with Crippen LogP contribution in [-0.2, 0) is 0 Å². The van der Waals surface area contributed by atoms with Gasteiger partial charge < -0.3 is 10.6 Å². The second kappa shape index (κ2) is 7.09. The molecule has 1 aliphatic heterocycles. The second-order valence-corrected chi connectivity index (χ2v) is 7.85. The van der Waals surface area contributed by atoms with Crippen molar-refractivity contribution in [2.75, 3.05) is 13.1 Å². The summed E-state index contributed by atoms with van der Waals surface area (Å²) in [4.78, 5) is 17.1. The lowest BCUT2D eigenvalue weighted by Crippen LogP contribution is -2.43. The molecule has 22 heavy (non-hydrogen) atoms. The summed E-state index contributed by atoms with van der Waals surface area (Å²) in [6, 6.07) is 0.303. The van der Waals surface area contributed by atoms with Crippen molar-refractivity contribution in [1.82, 2.24) is 15.6 Å². The second-order valence-electron chi connectivity index (χ2n) is 6.96. The van der Waals surface area contributed by atoms with Gasteiger partial charge in [0.15, 0.2) is 0 Å². The van der Waals surface area contributed by atoms with E-state index in [1.54, 1.807) is 11.3 Å². The van der Waals surface area contributed by atoms with Gasteiger partial charge in [-0.1, -0.05) is 26.7 Å². The van der Waals surface area contributed by atoms with Crippen molar-refractivity contribution < 1.29 is 4.79 Å².